The molecule has 8 heteroatoms. The first-order chi connectivity index (χ1) is 14.5. The Hall–Kier alpha value is -2.48. The molecule has 2 aliphatic rings. The van der Waals surface area contributed by atoms with Gasteiger partial charge in [0, 0.05) is 31.5 Å². The standard InChI is InChI=1S/C22H26ClN5O2/c1-14-4-5-18(17(23)11-14)25-21(29)16-3-2-10-28(13-16)22(30)20-12-19(26-27-20)15-6-8-24-9-7-15/h4-9,11,16,19-20,26-27H,2-3,10,12-13H2,1H3,(H,25,29). The average molecular weight is 428 g/mol. The molecule has 2 fully saturated rings. The second-order valence-corrected chi connectivity index (χ2v) is 8.41. The third-order valence-corrected chi connectivity index (χ3v) is 6.11. The molecule has 4 rings (SSSR count). The van der Waals surface area contributed by atoms with E-state index in [-0.39, 0.29) is 29.8 Å². The van der Waals surface area contributed by atoms with E-state index >= 15 is 0 Å². The Bertz CT molecular complexity index is 923. The van der Waals surface area contributed by atoms with Crippen LogP contribution in [0.3, 0.4) is 0 Å². The highest BCUT2D eigenvalue weighted by Crippen LogP contribution is 2.27. The van der Waals surface area contributed by atoms with Gasteiger partial charge in [-0.05, 0) is 61.6 Å². The number of hydrazine groups is 1. The number of likely N-dealkylation sites (tertiary alicyclic amines) is 1. The van der Waals surface area contributed by atoms with Crippen LogP contribution in [0.4, 0.5) is 5.69 Å². The molecule has 0 bridgehead atoms. The van der Waals surface area contributed by atoms with Crippen molar-refractivity contribution in [1.82, 2.24) is 20.7 Å². The molecule has 2 aliphatic heterocycles. The highest BCUT2D eigenvalue weighted by atomic mass is 35.5. The minimum atomic E-state index is -0.309. The highest BCUT2D eigenvalue weighted by Gasteiger charge is 2.36. The van der Waals surface area contributed by atoms with Gasteiger partial charge in [-0.2, -0.15) is 0 Å². The summed E-state index contributed by atoms with van der Waals surface area (Å²) < 4.78 is 0. The molecule has 1 aromatic heterocycles. The zero-order valence-electron chi connectivity index (χ0n) is 16.9. The predicted molar refractivity (Wildman–Crippen MR) is 116 cm³/mol. The van der Waals surface area contributed by atoms with Crippen molar-refractivity contribution in [2.75, 3.05) is 18.4 Å². The van der Waals surface area contributed by atoms with E-state index in [1.54, 1.807) is 17.3 Å². The monoisotopic (exact) mass is 427 g/mol. The van der Waals surface area contributed by atoms with Crippen LogP contribution in [-0.2, 0) is 9.59 Å². The van der Waals surface area contributed by atoms with E-state index in [0.29, 0.717) is 30.2 Å². The zero-order valence-corrected chi connectivity index (χ0v) is 17.7. The van der Waals surface area contributed by atoms with Crippen molar-refractivity contribution in [1.29, 1.82) is 0 Å². The summed E-state index contributed by atoms with van der Waals surface area (Å²) in [6, 6.07) is 9.20. The van der Waals surface area contributed by atoms with Gasteiger partial charge in [0.2, 0.25) is 11.8 Å². The summed E-state index contributed by atoms with van der Waals surface area (Å²) >= 11 is 6.24. The van der Waals surface area contributed by atoms with Crippen LogP contribution >= 0.6 is 11.6 Å². The first kappa shape index (κ1) is 20.8. The van der Waals surface area contributed by atoms with Crippen LogP contribution in [-0.4, -0.2) is 40.8 Å². The lowest BCUT2D eigenvalue weighted by Gasteiger charge is -2.33. The van der Waals surface area contributed by atoms with E-state index in [4.69, 9.17) is 11.6 Å². The third-order valence-electron chi connectivity index (χ3n) is 5.80. The molecule has 1 aromatic carbocycles. The number of amides is 2. The molecule has 2 amide bonds. The maximum atomic E-state index is 13.1. The van der Waals surface area contributed by atoms with Gasteiger partial charge >= 0.3 is 0 Å². The van der Waals surface area contributed by atoms with Crippen molar-refractivity contribution in [2.45, 2.75) is 38.3 Å². The summed E-state index contributed by atoms with van der Waals surface area (Å²) in [5, 5.41) is 3.45. The summed E-state index contributed by atoms with van der Waals surface area (Å²) in [6.07, 6.45) is 5.73. The Balaban J connectivity index is 1.35. The molecule has 0 saturated carbocycles. The van der Waals surface area contributed by atoms with Crippen LogP contribution in [0.1, 0.15) is 36.4 Å². The molecular formula is C22H26ClN5O2. The molecule has 2 saturated heterocycles. The lowest BCUT2D eigenvalue weighted by atomic mass is 9.95. The number of rotatable bonds is 4. The summed E-state index contributed by atoms with van der Waals surface area (Å²) in [5.41, 5.74) is 9.06. The molecule has 158 valence electrons. The van der Waals surface area contributed by atoms with Crippen LogP contribution in [0.25, 0.3) is 0 Å². The lowest BCUT2D eigenvalue weighted by Crippen LogP contribution is -2.50. The Kier molecular flexibility index (Phi) is 6.32. The minimum absolute atomic E-state index is 0.0323. The topological polar surface area (TPSA) is 86.4 Å². The number of anilines is 1. The lowest BCUT2D eigenvalue weighted by molar-refractivity contribution is -0.136. The smallest absolute Gasteiger partial charge is 0.241 e. The Morgan fingerprint density at radius 2 is 2.00 bits per heavy atom. The first-order valence-corrected chi connectivity index (χ1v) is 10.7. The van der Waals surface area contributed by atoms with E-state index in [0.717, 1.165) is 24.0 Å². The molecule has 3 heterocycles. The fraction of sp³-hybridized carbons (Fsp3) is 0.409. The number of benzene rings is 1. The predicted octanol–water partition coefficient (Wildman–Crippen LogP) is 2.83. The highest BCUT2D eigenvalue weighted by molar-refractivity contribution is 6.33. The van der Waals surface area contributed by atoms with E-state index in [9.17, 15) is 9.59 Å². The van der Waals surface area contributed by atoms with Gasteiger partial charge in [-0.1, -0.05) is 17.7 Å². The Morgan fingerprint density at radius 1 is 1.20 bits per heavy atom. The van der Waals surface area contributed by atoms with Gasteiger partial charge in [-0.15, -0.1) is 0 Å². The average Bonchev–Trinajstić information content (AvgIpc) is 3.26. The van der Waals surface area contributed by atoms with E-state index < -0.39 is 0 Å². The van der Waals surface area contributed by atoms with Crippen molar-refractivity contribution in [3.63, 3.8) is 0 Å². The van der Waals surface area contributed by atoms with Gasteiger partial charge in [0.05, 0.1) is 16.6 Å². The molecule has 3 N–H and O–H groups in total. The van der Waals surface area contributed by atoms with Crippen LogP contribution in [0.2, 0.25) is 5.02 Å². The summed E-state index contributed by atoms with van der Waals surface area (Å²) in [7, 11) is 0. The molecule has 3 unspecified atom stereocenters. The van der Waals surface area contributed by atoms with Crippen molar-refractivity contribution < 1.29 is 9.59 Å². The summed E-state index contributed by atoms with van der Waals surface area (Å²) in [4.78, 5) is 31.7. The zero-order chi connectivity index (χ0) is 21.1. The number of nitrogens with one attached hydrogen (secondary N) is 3. The van der Waals surface area contributed by atoms with Crippen LogP contribution in [0.15, 0.2) is 42.7 Å². The number of nitrogens with zero attached hydrogens (tertiary/aromatic N) is 2. The van der Waals surface area contributed by atoms with Gasteiger partial charge in [-0.3, -0.25) is 14.6 Å². The molecular weight excluding hydrogens is 402 g/mol. The summed E-state index contributed by atoms with van der Waals surface area (Å²) in [5.74, 6) is -0.305. The van der Waals surface area contributed by atoms with E-state index in [1.165, 1.54) is 0 Å². The van der Waals surface area contributed by atoms with E-state index in [2.05, 4.69) is 21.2 Å². The van der Waals surface area contributed by atoms with Crippen LogP contribution in [0.5, 0.6) is 0 Å². The molecule has 3 atom stereocenters. The number of pyridine rings is 1. The number of aromatic nitrogens is 1. The van der Waals surface area contributed by atoms with Gasteiger partial charge in [0.15, 0.2) is 0 Å². The van der Waals surface area contributed by atoms with Crippen molar-refractivity contribution in [3.8, 4) is 0 Å². The number of aryl methyl sites for hydroxylation is 1. The number of halogens is 1. The molecule has 7 nitrogen and oxygen atoms in total. The Morgan fingerprint density at radius 3 is 2.77 bits per heavy atom. The SMILES string of the molecule is Cc1ccc(NC(=O)C2CCCN(C(=O)C3CC(c4ccncc4)NN3)C2)c(Cl)c1. The van der Waals surface area contributed by atoms with Crippen molar-refractivity contribution in [3.05, 3.63) is 58.9 Å². The minimum Gasteiger partial charge on any atom is -0.341 e. The number of carbonyl (C=O) groups is 2. The fourth-order valence-electron chi connectivity index (χ4n) is 4.10. The van der Waals surface area contributed by atoms with Gasteiger partial charge in [-0.25, -0.2) is 10.9 Å². The maximum Gasteiger partial charge on any atom is 0.241 e. The fourth-order valence-corrected chi connectivity index (χ4v) is 4.38. The molecule has 30 heavy (non-hydrogen) atoms. The van der Waals surface area contributed by atoms with Crippen molar-refractivity contribution >= 4 is 29.1 Å². The van der Waals surface area contributed by atoms with Gasteiger partial charge in [0.25, 0.3) is 0 Å². The quantitative estimate of drug-likeness (QED) is 0.698. The normalized spacial score (nSPS) is 23.9. The second kappa shape index (κ2) is 9.12. The van der Waals surface area contributed by atoms with Crippen LogP contribution in [0, 0.1) is 12.8 Å². The Labute approximate surface area is 181 Å². The number of hydrogen-bond acceptors (Lipinski definition) is 5. The number of hydrogen-bond donors (Lipinski definition) is 3. The van der Waals surface area contributed by atoms with Crippen LogP contribution < -0.4 is 16.2 Å². The molecule has 0 radical (unpaired) electrons. The third kappa shape index (κ3) is 4.64. The van der Waals surface area contributed by atoms with Gasteiger partial charge in [0.1, 0.15) is 6.04 Å². The first-order valence-electron chi connectivity index (χ1n) is 10.3. The molecule has 0 spiro atoms. The molecule has 2 aromatic rings. The number of carbonyl (C=O) groups excluding carboxylic acids is 2. The molecule has 0 aliphatic carbocycles. The van der Waals surface area contributed by atoms with Crippen molar-refractivity contribution in [2.24, 2.45) is 5.92 Å². The second-order valence-electron chi connectivity index (χ2n) is 8.01. The summed E-state index contributed by atoms with van der Waals surface area (Å²) in [6.45, 7) is 3.05. The van der Waals surface area contributed by atoms with E-state index in [1.807, 2.05) is 37.3 Å². The maximum absolute atomic E-state index is 13.1. The number of piperidine rings is 1. The largest absolute Gasteiger partial charge is 0.341 e. The van der Waals surface area contributed by atoms with Gasteiger partial charge < -0.3 is 10.2 Å².